The fraction of sp³-hybridized carbons (Fsp3) is 0.895. The van der Waals surface area contributed by atoms with Crippen LogP contribution < -0.4 is 0 Å². The predicted molar refractivity (Wildman–Crippen MR) is 331 cm³/mol. The Morgan fingerprint density at radius 3 is 0.641 bits per heavy atom. The van der Waals surface area contributed by atoms with Crippen molar-refractivity contribution in [3.63, 3.8) is 0 Å². The summed E-state index contributed by atoms with van der Waals surface area (Å²) in [7, 11) is 0. The van der Waals surface area contributed by atoms with Crippen LogP contribution in [0.4, 0.5) is 0 Å². The van der Waals surface area contributed by atoms with Crippen LogP contribution in [0.5, 0.6) is 0 Å². The maximum Gasteiger partial charge on any atom is 0.0132 e. The fourth-order valence-electron chi connectivity index (χ4n) is 23.6. The van der Waals surface area contributed by atoms with Gasteiger partial charge < -0.3 is 0 Å². The minimum atomic E-state index is 0.854. The second-order valence-electron chi connectivity index (χ2n) is 31.6. The zero-order chi connectivity index (χ0) is 52.0. The van der Waals surface area contributed by atoms with E-state index in [2.05, 4.69) is 58.4 Å². The van der Waals surface area contributed by atoms with Crippen molar-refractivity contribution in [2.75, 3.05) is 0 Å². The molecule has 13 aliphatic rings. The topological polar surface area (TPSA) is 6.48 Å². The average Bonchev–Trinajstić information content (AvgIpc) is 3.70. The molecule has 0 aromatic carbocycles. The molecule has 436 valence electrons. The van der Waals surface area contributed by atoms with Crippen LogP contribution in [0.15, 0.2) is 48.6 Å². The summed E-state index contributed by atoms with van der Waals surface area (Å²) in [5.41, 5.74) is 0. The molecule has 0 aromatic heterocycles. The van der Waals surface area contributed by atoms with Crippen molar-refractivity contribution in [3.05, 3.63) is 48.6 Å². The number of nitrogens with zero attached hydrogens (tertiary/aromatic N) is 2. The summed E-state index contributed by atoms with van der Waals surface area (Å²) in [5, 5.41) is 0. The third kappa shape index (κ3) is 13.1. The van der Waals surface area contributed by atoms with Gasteiger partial charge in [-0.25, -0.2) is 0 Å². The van der Waals surface area contributed by atoms with Crippen molar-refractivity contribution >= 4 is 0 Å². The van der Waals surface area contributed by atoms with Gasteiger partial charge in [-0.2, -0.15) is 0 Å². The van der Waals surface area contributed by atoms with Crippen LogP contribution in [0, 0.1) is 94.7 Å². The molecule has 13 saturated carbocycles. The van der Waals surface area contributed by atoms with Crippen LogP contribution in [0.25, 0.3) is 0 Å². The van der Waals surface area contributed by atoms with E-state index in [9.17, 15) is 0 Å². The summed E-state index contributed by atoms with van der Waals surface area (Å²) < 4.78 is 0. The van der Waals surface area contributed by atoms with E-state index in [1.165, 1.54) is 231 Å². The number of rotatable bonds is 14. The average molecular weight is 1060 g/mol. The summed E-state index contributed by atoms with van der Waals surface area (Å²) in [6.07, 6.45) is 90.9. The molecular formula is C76H122N2. The Balaban J connectivity index is 0.717. The van der Waals surface area contributed by atoms with E-state index in [0.717, 1.165) is 131 Å². The van der Waals surface area contributed by atoms with Gasteiger partial charge in [-0.15, -0.1) is 0 Å². The lowest BCUT2D eigenvalue weighted by molar-refractivity contribution is -0.179. The van der Waals surface area contributed by atoms with Crippen molar-refractivity contribution in [2.24, 2.45) is 94.7 Å². The molecule has 13 aliphatic carbocycles. The first kappa shape index (κ1) is 56.0. The lowest BCUT2D eigenvalue weighted by Crippen LogP contribution is -2.65. The standard InChI is InChI=1S/C76H122N2/c1-5-15-55(16-6-1)27-31-59-35-43-63(44-36-59)77(64-45-37-60(38-46-64)32-28-56-17-7-2-8-18-56)73-53-51-69-68-24-14-26-72-74(54-52-70(76(68)72)67-23-13-25-71(73)75(67)69)78(65-47-39-61(40-48-65)33-29-57-19-9-3-10-20-57)66-49-41-62(42-50-66)34-30-58-21-11-4-12-22-58/h27-34,55-76H,1-26,35-54H2. The number of allylic oxidation sites excluding steroid dienone is 8. The molecule has 0 aliphatic heterocycles. The summed E-state index contributed by atoms with van der Waals surface area (Å²) in [4.78, 5) is 6.94. The van der Waals surface area contributed by atoms with Crippen LogP contribution in [0.2, 0.25) is 0 Å². The van der Waals surface area contributed by atoms with Gasteiger partial charge in [0.1, 0.15) is 0 Å². The smallest absolute Gasteiger partial charge is 0.0132 e. The quantitative estimate of drug-likeness (QED) is 0.160. The number of fused-ring (bicyclic) bond motifs is 2. The molecule has 0 bridgehead atoms. The van der Waals surface area contributed by atoms with Crippen molar-refractivity contribution in [2.45, 2.75) is 332 Å². The third-order valence-electron chi connectivity index (χ3n) is 27.4. The fourth-order valence-corrected chi connectivity index (χ4v) is 23.6. The molecule has 10 unspecified atom stereocenters. The summed E-state index contributed by atoms with van der Waals surface area (Å²) in [5.74, 6) is 15.3. The molecule has 10 atom stereocenters. The van der Waals surface area contributed by atoms with E-state index in [4.69, 9.17) is 0 Å². The summed E-state index contributed by atoms with van der Waals surface area (Å²) in [6.45, 7) is 0. The highest BCUT2D eigenvalue weighted by atomic mass is 15.2. The number of hydrogen-bond acceptors (Lipinski definition) is 2. The molecule has 0 saturated heterocycles. The Hall–Kier alpha value is -1.12. The highest BCUT2D eigenvalue weighted by molar-refractivity contribution is 5.13. The zero-order valence-electron chi connectivity index (χ0n) is 50.7. The summed E-state index contributed by atoms with van der Waals surface area (Å²) >= 11 is 0. The Bertz CT molecular complexity index is 1660. The van der Waals surface area contributed by atoms with Crippen molar-refractivity contribution in [3.8, 4) is 0 Å². The largest absolute Gasteiger partial charge is 0.294 e. The van der Waals surface area contributed by atoms with E-state index < -0.39 is 0 Å². The van der Waals surface area contributed by atoms with Gasteiger partial charge in [0.2, 0.25) is 0 Å². The molecule has 13 fully saturated rings. The van der Waals surface area contributed by atoms with Gasteiger partial charge in [0.05, 0.1) is 0 Å². The van der Waals surface area contributed by atoms with Gasteiger partial charge in [0.15, 0.2) is 0 Å². The minimum Gasteiger partial charge on any atom is -0.294 e. The lowest BCUT2D eigenvalue weighted by atomic mass is 9.41. The molecular weight excluding hydrogens is 941 g/mol. The van der Waals surface area contributed by atoms with E-state index in [0.29, 0.717) is 0 Å². The predicted octanol–water partition coefficient (Wildman–Crippen LogP) is 21.0. The molecule has 0 spiro atoms. The summed E-state index contributed by atoms with van der Waals surface area (Å²) in [6, 6.07) is 5.19. The van der Waals surface area contributed by atoms with Crippen LogP contribution in [0.1, 0.15) is 295 Å². The van der Waals surface area contributed by atoms with E-state index in [1.54, 1.807) is 64.2 Å². The molecule has 0 aromatic rings. The van der Waals surface area contributed by atoms with Gasteiger partial charge >= 0.3 is 0 Å². The SMILES string of the molecule is C(=CC1CCC(N(C2CCC(C=CC3CCCCC3)CC2)C2CCC3C4CCCC5C4C(CCC5N(C4CCC(C=CC5CCCCC5)CC4)C4CCC(C=CC5CCCCC5)CC4)C4CCCC2C43)CC1)C1CCCCC1. The highest BCUT2D eigenvalue weighted by Gasteiger charge is 2.62. The molecule has 2 nitrogen and oxygen atoms in total. The van der Waals surface area contributed by atoms with E-state index >= 15 is 0 Å². The second-order valence-corrected chi connectivity index (χ2v) is 31.6. The number of hydrogen-bond donors (Lipinski definition) is 0. The normalized spacial score (nSPS) is 44.2. The van der Waals surface area contributed by atoms with Crippen molar-refractivity contribution in [1.29, 1.82) is 0 Å². The highest BCUT2D eigenvalue weighted by Crippen LogP contribution is 2.66. The van der Waals surface area contributed by atoms with Crippen molar-refractivity contribution in [1.82, 2.24) is 9.80 Å². The molecule has 78 heavy (non-hydrogen) atoms. The van der Waals surface area contributed by atoms with Gasteiger partial charge in [0.25, 0.3) is 0 Å². The minimum absolute atomic E-state index is 0.854. The van der Waals surface area contributed by atoms with E-state index in [-0.39, 0.29) is 0 Å². The Labute approximate surface area is 482 Å². The van der Waals surface area contributed by atoms with Crippen LogP contribution in [0.3, 0.4) is 0 Å². The van der Waals surface area contributed by atoms with Gasteiger partial charge in [-0.05, 0) is 300 Å². The second kappa shape index (κ2) is 27.3. The maximum absolute atomic E-state index is 3.47. The first-order chi connectivity index (χ1) is 38.7. The van der Waals surface area contributed by atoms with E-state index in [1.807, 2.05) is 0 Å². The molecule has 0 N–H and O–H groups in total. The monoisotopic (exact) mass is 1060 g/mol. The molecule has 13 rings (SSSR count). The Kier molecular flexibility index (Phi) is 19.6. The first-order valence-corrected chi connectivity index (χ1v) is 36.9. The lowest BCUT2D eigenvalue weighted by Gasteiger charge is -2.67. The molecule has 0 amide bonds. The van der Waals surface area contributed by atoms with Crippen LogP contribution >= 0.6 is 0 Å². The van der Waals surface area contributed by atoms with Gasteiger partial charge in [-0.1, -0.05) is 138 Å². The Morgan fingerprint density at radius 1 is 0.167 bits per heavy atom. The zero-order valence-corrected chi connectivity index (χ0v) is 50.7. The third-order valence-corrected chi connectivity index (χ3v) is 27.4. The Morgan fingerprint density at radius 2 is 0.385 bits per heavy atom. The molecule has 0 heterocycles. The van der Waals surface area contributed by atoms with Gasteiger partial charge in [0, 0.05) is 36.3 Å². The van der Waals surface area contributed by atoms with Gasteiger partial charge in [-0.3, -0.25) is 9.80 Å². The van der Waals surface area contributed by atoms with Crippen LogP contribution in [-0.2, 0) is 0 Å². The molecule has 2 heteroatoms. The maximum atomic E-state index is 3.47. The first-order valence-electron chi connectivity index (χ1n) is 36.9. The van der Waals surface area contributed by atoms with Crippen LogP contribution in [-0.4, -0.2) is 46.1 Å². The van der Waals surface area contributed by atoms with Crippen molar-refractivity contribution < 1.29 is 0 Å². The molecule has 0 radical (unpaired) electrons.